The van der Waals surface area contributed by atoms with Crippen LogP contribution in [0.3, 0.4) is 0 Å². The molecule has 1 aromatic carbocycles. The molecule has 1 N–H and O–H groups in total. The summed E-state index contributed by atoms with van der Waals surface area (Å²) in [5.41, 5.74) is 2.90. The number of aromatic nitrogens is 2. The third kappa shape index (κ3) is 2.72. The second-order valence-corrected chi connectivity index (χ2v) is 4.02. The van der Waals surface area contributed by atoms with E-state index in [0.29, 0.717) is 6.54 Å². The number of H-pyrrole nitrogens is 1. The number of rotatable bonds is 3. The zero-order valence-electron chi connectivity index (χ0n) is 9.97. The maximum Gasteiger partial charge on any atom is 0.219 e. The van der Waals surface area contributed by atoms with Crippen molar-refractivity contribution in [2.24, 2.45) is 0 Å². The number of nitrogens with one attached hydrogen (secondary N) is 1. The van der Waals surface area contributed by atoms with Gasteiger partial charge in [0, 0.05) is 19.5 Å². The van der Waals surface area contributed by atoms with Gasteiger partial charge in [0.05, 0.1) is 17.9 Å². The van der Waals surface area contributed by atoms with Crippen molar-refractivity contribution in [2.45, 2.75) is 13.5 Å². The molecule has 2 rings (SSSR count). The molecule has 1 heterocycles. The van der Waals surface area contributed by atoms with E-state index in [0.717, 1.165) is 17.0 Å². The Balaban J connectivity index is 2.14. The lowest BCUT2D eigenvalue weighted by Crippen LogP contribution is -2.23. The highest BCUT2D eigenvalue weighted by molar-refractivity contribution is 5.72. The molecule has 0 saturated carbocycles. The third-order valence-corrected chi connectivity index (χ3v) is 2.65. The first-order chi connectivity index (χ1) is 8.16. The summed E-state index contributed by atoms with van der Waals surface area (Å²) >= 11 is 0. The molecule has 0 unspecified atom stereocenters. The highest BCUT2D eigenvalue weighted by Gasteiger charge is 2.07. The van der Waals surface area contributed by atoms with Crippen molar-refractivity contribution in [3.63, 3.8) is 0 Å². The Morgan fingerprint density at radius 1 is 1.35 bits per heavy atom. The van der Waals surface area contributed by atoms with E-state index in [2.05, 4.69) is 10.2 Å². The summed E-state index contributed by atoms with van der Waals surface area (Å²) < 4.78 is 0. The number of benzene rings is 1. The van der Waals surface area contributed by atoms with Crippen LogP contribution in [-0.4, -0.2) is 28.1 Å². The summed E-state index contributed by atoms with van der Waals surface area (Å²) in [6.45, 7) is 2.10. The number of hydrogen-bond donors (Lipinski definition) is 1. The van der Waals surface area contributed by atoms with Crippen LogP contribution in [0.5, 0.6) is 0 Å². The molecule has 0 radical (unpaired) electrons. The number of carbonyl (C=O) groups is 1. The van der Waals surface area contributed by atoms with Crippen LogP contribution < -0.4 is 0 Å². The minimum Gasteiger partial charge on any atom is -0.340 e. The zero-order valence-corrected chi connectivity index (χ0v) is 9.97. The molecule has 1 amide bonds. The molecule has 0 atom stereocenters. The molecule has 17 heavy (non-hydrogen) atoms. The van der Waals surface area contributed by atoms with Crippen LogP contribution in [0.15, 0.2) is 36.4 Å². The summed E-state index contributed by atoms with van der Waals surface area (Å²) in [4.78, 5) is 12.8. The Morgan fingerprint density at radius 2 is 2.06 bits per heavy atom. The number of carbonyl (C=O) groups excluding carboxylic acids is 1. The fraction of sp³-hybridized carbons (Fsp3) is 0.231. The first-order valence-corrected chi connectivity index (χ1v) is 5.48. The van der Waals surface area contributed by atoms with Gasteiger partial charge in [-0.15, -0.1) is 0 Å². The Labute approximate surface area is 100 Å². The Kier molecular flexibility index (Phi) is 3.23. The van der Waals surface area contributed by atoms with Gasteiger partial charge in [0.15, 0.2) is 0 Å². The lowest BCUT2D eigenvalue weighted by Gasteiger charge is -2.12. The largest absolute Gasteiger partial charge is 0.340 e. The molecule has 0 aliphatic carbocycles. The second kappa shape index (κ2) is 4.82. The fourth-order valence-electron chi connectivity index (χ4n) is 1.57. The van der Waals surface area contributed by atoms with E-state index < -0.39 is 0 Å². The highest BCUT2D eigenvalue weighted by Crippen LogP contribution is 2.17. The fourth-order valence-corrected chi connectivity index (χ4v) is 1.57. The predicted octanol–water partition coefficient (Wildman–Crippen LogP) is 2.06. The van der Waals surface area contributed by atoms with Gasteiger partial charge >= 0.3 is 0 Å². The molecule has 0 bridgehead atoms. The summed E-state index contributed by atoms with van der Waals surface area (Å²) in [6.07, 6.45) is 0. The molecule has 88 valence electrons. The molecule has 0 fully saturated rings. The van der Waals surface area contributed by atoms with Gasteiger partial charge in [-0.1, -0.05) is 30.3 Å². The van der Waals surface area contributed by atoms with Crippen LogP contribution >= 0.6 is 0 Å². The predicted molar refractivity (Wildman–Crippen MR) is 66.2 cm³/mol. The van der Waals surface area contributed by atoms with Gasteiger partial charge in [0.2, 0.25) is 5.91 Å². The van der Waals surface area contributed by atoms with Gasteiger partial charge < -0.3 is 4.90 Å². The third-order valence-electron chi connectivity index (χ3n) is 2.65. The summed E-state index contributed by atoms with van der Waals surface area (Å²) in [5.74, 6) is 0.0425. The molecule has 1 aromatic heterocycles. The molecular weight excluding hydrogens is 214 g/mol. The topological polar surface area (TPSA) is 49.0 Å². The monoisotopic (exact) mass is 229 g/mol. The van der Waals surface area contributed by atoms with Crippen molar-refractivity contribution < 1.29 is 4.79 Å². The van der Waals surface area contributed by atoms with E-state index in [4.69, 9.17) is 0 Å². The lowest BCUT2D eigenvalue weighted by molar-refractivity contribution is -0.128. The quantitative estimate of drug-likeness (QED) is 0.875. The van der Waals surface area contributed by atoms with Gasteiger partial charge in [-0.05, 0) is 6.07 Å². The molecule has 2 aromatic rings. The van der Waals surface area contributed by atoms with Crippen molar-refractivity contribution in [1.82, 2.24) is 15.1 Å². The maximum atomic E-state index is 11.1. The van der Waals surface area contributed by atoms with E-state index >= 15 is 0 Å². The van der Waals surface area contributed by atoms with Crippen LogP contribution in [0.25, 0.3) is 11.3 Å². The van der Waals surface area contributed by atoms with E-state index in [1.54, 1.807) is 18.9 Å². The van der Waals surface area contributed by atoms with Crippen molar-refractivity contribution in [2.75, 3.05) is 7.05 Å². The first kappa shape index (κ1) is 11.4. The van der Waals surface area contributed by atoms with Crippen molar-refractivity contribution in [1.29, 1.82) is 0 Å². The van der Waals surface area contributed by atoms with E-state index in [1.165, 1.54) is 0 Å². The molecule has 0 aliphatic heterocycles. The van der Waals surface area contributed by atoms with Gasteiger partial charge in [0.1, 0.15) is 0 Å². The van der Waals surface area contributed by atoms with Crippen LogP contribution in [-0.2, 0) is 11.3 Å². The number of hydrogen-bond acceptors (Lipinski definition) is 2. The van der Waals surface area contributed by atoms with Crippen LogP contribution in [0, 0.1) is 0 Å². The summed E-state index contributed by atoms with van der Waals surface area (Å²) in [7, 11) is 1.77. The Bertz CT molecular complexity index is 504. The number of nitrogens with zero attached hydrogens (tertiary/aromatic N) is 2. The van der Waals surface area contributed by atoms with Crippen molar-refractivity contribution in [3.8, 4) is 11.3 Å². The molecule has 0 spiro atoms. The second-order valence-electron chi connectivity index (χ2n) is 4.02. The minimum absolute atomic E-state index is 0.0425. The van der Waals surface area contributed by atoms with Crippen LogP contribution in [0.1, 0.15) is 12.6 Å². The van der Waals surface area contributed by atoms with E-state index in [1.807, 2.05) is 36.4 Å². The van der Waals surface area contributed by atoms with Gasteiger partial charge in [-0.25, -0.2) is 0 Å². The highest BCUT2D eigenvalue weighted by atomic mass is 16.2. The molecule has 0 saturated heterocycles. The first-order valence-electron chi connectivity index (χ1n) is 5.48. The van der Waals surface area contributed by atoms with E-state index in [-0.39, 0.29) is 5.91 Å². The Hall–Kier alpha value is -2.10. The average molecular weight is 229 g/mol. The van der Waals surface area contributed by atoms with Gasteiger partial charge in [-0.3, -0.25) is 9.89 Å². The van der Waals surface area contributed by atoms with Gasteiger partial charge in [0.25, 0.3) is 0 Å². The van der Waals surface area contributed by atoms with Gasteiger partial charge in [-0.2, -0.15) is 5.10 Å². The van der Waals surface area contributed by atoms with Crippen LogP contribution in [0.2, 0.25) is 0 Å². The van der Waals surface area contributed by atoms with Crippen molar-refractivity contribution >= 4 is 5.91 Å². The lowest BCUT2D eigenvalue weighted by atomic mass is 10.1. The minimum atomic E-state index is 0.0425. The standard InChI is InChI=1S/C13H15N3O/c1-10(17)16(2)9-12-8-13(15-14-12)11-6-4-3-5-7-11/h3-8H,9H2,1-2H3,(H,14,15). The van der Waals surface area contributed by atoms with Crippen LogP contribution in [0.4, 0.5) is 0 Å². The number of aromatic amines is 1. The Morgan fingerprint density at radius 3 is 2.71 bits per heavy atom. The molecule has 4 nitrogen and oxygen atoms in total. The molecule has 4 heteroatoms. The molecular formula is C13H15N3O. The average Bonchev–Trinajstić information content (AvgIpc) is 2.78. The summed E-state index contributed by atoms with van der Waals surface area (Å²) in [5, 5.41) is 7.18. The summed E-state index contributed by atoms with van der Waals surface area (Å²) in [6, 6.07) is 11.9. The van der Waals surface area contributed by atoms with E-state index in [9.17, 15) is 4.79 Å². The normalized spacial score (nSPS) is 10.2. The maximum absolute atomic E-state index is 11.1. The number of amides is 1. The SMILES string of the molecule is CC(=O)N(C)Cc1cc(-c2ccccc2)n[nH]1. The zero-order chi connectivity index (χ0) is 12.3. The van der Waals surface area contributed by atoms with Crippen molar-refractivity contribution in [3.05, 3.63) is 42.1 Å². The smallest absolute Gasteiger partial charge is 0.219 e. The molecule has 0 aliphatic rings.